The Morgan fingerprint density at radius 2 is 0.930 bits per heavy atom. The van der Waals surface area contributed by atoms with E-state index in [9.17, 15) is 14.7 Å². The molecule has 0 heterocycles. The third kappa shape index (κ3) is 33.1. The zero-order valence-corrected chi connectivity index (χ0v) is 28.5. The van der Waals surface area contributed by atoms with Crippen molar-refractivity contribution in [3.8, 4) is 0 Å². The highest BCUT2D eigenvalue weighted by atomic mass is 16.6. The fourth-order valence-electron chi connectivity index (χ4n) is 5.17. The fraction of sp³-hybridized carbons (Fsp3) is 0.842. The molecule has 1 N–H and O–H groups in total. The van der Waals surface area contributed by atoms with Gasteiger partial charge in [0.15, 0.2) is 6.10 Å². The fourth-order valence-corrected chi connectivity index (χ4v) is 5.17. The van der Waals surface area contributed by atoms with Crippen LogP contribution in [-0.2, 0) is 19.1 Å². The molecule has 252 valence electrons. The van der Waals surface area contributed by atoms with Gasteiger partial charge < -0.3 is 14.6 Å². The van der Waals surface area contributed by atoms with E-state index in [4.69, 9.17) is 9.47 Å². The first-order valence-electron chi connectivity index (χ1n) is 18.4. The van der Waals surface area contributed by atoms with Crippen molar-refractivity contribution in [1.82, 2.24) is 0 Å². The number of hydrogen-bond acceptors (Lipinski definition) is 5. The number of aliphatic hydroxyl groups excluding tert-OH is 1. The van der Waals surface area contributed by atoms with Crippen LogP contribution in [-0.4, -0.2) is 36.4 Å². The first kappa shape index (κ1) is 41.4. The lowest BCUT2D eigenvalue weighted by Crippen LogP contribution is -2.28. The van der Waals surface area contributed by atoms with Gasteiger partial charge in [-0.3, -0.25) is 9.59 Å². The molecule has 0 fully saturated rings. The molecule has 0 aliphatic carbocycles. The minimum absolute atomic E-state index is 0.0676. The highest BCUT2D eigenvalue weighted by molar-refractivity contribution is 5.70. The molecule has 0 aromatic carbocycles. The van der Waals surface area contributed by atoms with Crippen LogP contribution in [0.15, 0.2) is 24.3 Å². The van der Waals surface area contributed by atoms with Gasteiger partial charge in [0.25, 0.3) is 0 Å². The average Bonchev–Trinajstić information content (AvgIpc) is 3.01. The van der Waals surface area contributed by atoms with Gasteiger partial charge in [-0.1, -0.05) is 154 Å². The molecule has 1 atom stereocenters. The van der Waals surface area contributed by atoms with Crippen molar-refractivity contribution >= 4 is 11.9 Å². The summed E-state index contributed by atoms with van der Waals surface area (Å²) in [5.74, 6) is -0.602. The summed E-state index contributed by atoms with van der Waals surface area (Å²) in [4.78, 5) is 24.2. The number of unbranched alkanes of at least 4 members (excludes halogenated alkanes) is 21. The smallest absolute Gasteiger partial charge is 0.306 e. The van der Waals surface area contributed by atoms with Gasteiger partial charge in [-0.15, -0.1) is 0 Å². The van der Waals surface area contributed by atoms with Gasteiger partial charge >= 0.3 is 11.9 Å². The molecule has 0 aromatic rings. The van der Waals surface area contributed by atoms with Crippen molar-refractivity contribution in [2.24, 2.45) is 0 Å². The second-order valence-electron chi connectivity index (χ2n) is 12.3. The minimum Gasteiger partial charge on any atom is -0.462 e. The van der Waals surface area contributed by atoms with Crippen LogP contribution in [0.3, 0.4) is 0 Å². The molecule has 0 bridgehead atoms. The Labute approximate surface area is 266 Å². The van der Waals surface area contributed by atoms with Crippen LogP contribution in [0.5, 0.6) is 0 Å². The van der Waals surface area contributed by atoms with Crippen molar-refractivity contribution in [3.05, 3.63) is 24.3 Å². The summed E-state index contributed by atoms with van der Waals surface area (Å²) in [6.45, 7) is 4.10. The van der Waals surface area contributed by atoms with Crippen LogP contribution in [0.4, 0.5) is 0 Å². The van der Waals surface area contributed by atoms with Gasteiger partial charge in [0.2, 0.25) is 0 Å². The van der Waals surface area contributed by atoms with E-state index in [-0.39, 0.29) is 25.2 Å². The van der Waals surface area contributed by atoms with E-state index in [1.54, 1.807) is 0 Å². The second kappa shape index (κ2) is 34.9. The largest absolute Gasteiger partial charge is 0.462 e. The van der Waals surface area contributed by atoms with Crippen molar-refractivity contribution in [3.63, 3.8) is 0 Å². The molecule has 0 unspecified atom stereocenters. The lowest BCUT2D eigenvalue weighted by molar-refractivity contribution is -0.161. The maximum atomic E-state index is 12.1. The van der Waals surface area contributed by atoms with Gasteiger partial charge in [0, 0.05) is 12.8 Å². The molecule has 0 saturated carbocycles. The zero-order chi connectivity index (χ0) is 31.5. The van der Waals surface area contributed by atoms with Gasteiger partial charge in [-0.25, -0.2) is 0 Å². The third-order valence-corrected chi connectivity index (χ3v) is 8.00. The quantitative estimate of drug-likeness (QED) is 0.0457. The number of aliphatic hydroxyl groups is 1. The number of carbonyl (C=O) groups excluding carboxylic acids is 2. The van der Waals surface area contributed by atoms with Crippen LogP contribution >= 0.6 is 0 Å². The van der Waals surface area contributed by atoms with Crippen molar-refractivity contribution in [2.45, 2.75) is 193 Å². The summed E-state index contributed by atoms with van der Waals surface area (Å²) in [6, 6.07) is 0. The van der Waals surface area contributed by atoms with E-state index in [0.717, 1.165) is 51.4 Å². The Hall–Kier alpha value is -1.62. The molecular formula is C38H70O5. The van der Waals surface area contributed by atoms with E-state index in [1.165, 1.54) is 109 Å². The maximum Gasteiger partial charge on any atom is 0.306 e. The first-order valence-corrected chi connectivity index (χ1v) is 18.4. The molecule has 0 rings (SSSR count). The minimum atomic E-state index is -0.772. The third-order valence-electron chi connectivity index (χ3n) is 8.00. The van der Waals surface area contributed by atoms with Gasteiger partial charge in [-0.2, -0.15) is 0 Å². The summed E-state index contributed by atoms with van der Waals surface area (Å²) < 4.78 is 10.6. The topological polar surface area (TPSA) is 72.8 Å². The monoisotopic (exact) mass is 607 g/mol. The molecule has 0 aromatic heterocycles. The van der Waals surface area contributed by atoms with Gasteiger partial charge in [0.05, 0.1) is 6.61 Å². The Morgan fingerprint density at radius 3 is 1.42 bits per heavy atom. The number of esters is 2. The first-order chi connectivity index (χ1) is 21.1. The van der Waals surface area contributed by atoms with Crippen molar-refractivity contribution in [1.29, 1.82) is 0 Å². The SMILES string of the molecule is CCCCC/C=C\C/C=C\CCCCCCCC(=O)O[C@@H](CO)COC(=O)CCCCCCCCCCCCCCCC. The van der Waals surface area contributed by atoms with Gasteiger partial charge in [-0.05, 0) is 44.9 Å². The zero-order valence-electron chi connectivity index (χ0n) is 28.5. The second-order valence-corrected chi connectivity index (χ2v) is 12.3. The lowest BCUT2D eigenvalue weighted by atomic mass is 10.0. The van der Waals surface area contributed by atoms with Gasteiger partial charge in [0.1, 0.15) is 6.61 Å². The summed E-state index contributed by atoms with van der Waals surface area (Å²) in [5.41, 5.74) is 0. The van der Waals surface area contributed by atoms with Crippen LogP contribution in [0, 0.1) is 0 Å². The van der Waals surface area contributed by atoms with Crippen molar-refractivity contribution in [2.75, 3.05) is 13.2 Å². The molecule has 0 aliphatic heterocycles. The number of allylic oxidation sites excluding steroid dienone is 4. The van der Waals surface area contributed by atoms with Crippen molar-refractivity contribution < 1.29 is 24.2 Å². The molecule has 0 spiro atoms. The summed E-state index contributed by atoms with van der Waals surface area (Å²) in [6.07, 6.45) is 39.4. The predicted molar refractivity (Wildman–Crippen MR) is 182 cm³/mol. The Morgan fingerprint density at radius 1 is 0.535 bits per heavy atom. The van der Waals surface area contributed by atoms with Crippen LogP contribution in [0.1, 0.15) is 187 Å². The lowest BCUT2D eigenvalue weighted by Gasteiger charge is -2.15. The van der Waals surface area contributed by atoms with E-state index < -0.39 is 6.10 Å². The summed E-state index contributed by atoms with van der Waals surface area (Å²) in [7, 11) is 0. The molecule has 0 radical (unpaired) electrons. The number of rotatable bonds is 33. The Kier molecular flexibility index (Phi) is 33.6. The predicted octanol–water partition coefficient (Wildman–Crippen LogP) is 11.1. The molecular weight excluding hydrogens is 536 g/mol. The normalized spacial score (nSPS) is 12.3. The standard InChI is InChI=1S/C38H70O5/c1-3-5-7-9-11-13-15-17-19-21-23-25-27-29-31-33-38(41)43-36(34-39)35-42-37(40)32-30-28-26-24-22-20-18-16-14-12-10-8-6-4-2/h11,13,17,19,36,39H,3-10,12,14-16,18,20-35H2,1-2H3/b13-11-,19-17-/t36-/m0/s1. The van der Waals surface area contributed by atoms with E-state index in [1.807, 2.05) is 0 Å². The van der Waals surface area contributed by atoms with E-state index in [0.29, 0.717) is 12.8 Å². The molecule has 0 saturated heterocycles. The van der Waals surface area contributed by atoms with E-state index in [2.05, 4.69) is 38.2 Å². The highest BCUT2D eigenvalue weighted by Crippen LogP contribution is 2.14. The number of ether oxygens (including phenoxy) is 2. The number of hydrogen-bond donors (Lipinski definition) is 1. The molecule has 5 heteroatoms. The molecule has 0 amide bonds. The maximum absolute atomic E-state index is 12.1. The average molecular weight is 607 g/mol. The Bertz CT molecular complexity index is 657. The summed E-state index contributed by atoms with van der Waals surface area (Å²) >= 11 is 0. The van der Waals surface area contributed by atoms with Crippen LogP contribution in [0.2, 0.25) is 0 Å². The van der Waals surface area contributed by atoms with E-state index >= 15 is 0 Å². The number of carbonyl (C=O) groups is 2. The highest BCUT2D eigenvalue weighted by Gasteiger charge is 2.16. The van der Waals surface area contributed by atoms with Crippen LogP contribution in [0.25, 0.3) is 0 Å². The van der Waals surface area contributed by atoms with Crippen LogP contribution < -0.4 is 0 Å². The Balaban J connectivity index is 3.57. The molecule has 43 heavy (non-hydrogen) atoms. The molecule has 0 aliphatic rings. The molecule has 5 nitrogen and oxygen atoms in total. The summed E-state index contributed by atoms with van der Waals surface area (Å²) in [5, 5.41) is 9.52.